The predicted octanol–water partition coefficient (Wildman–Crippen LogP) is 1.62. The van der Waals surface area contributed by atoms with Crippen LogP contribution in [0.2, 0.25) is 0 Å². The largest absolute Gasteiger partial charge is 0.494 e. The molecule has 0 saturated carbocycles. The fourth-order valence-electron chi connectivity index (χ4n) is 3.16. The van der Waals surface area contributed by atoms with Gasteiger partial charge in [-0.05, 0) is 50.2 Å². The van der Waals surface area contributed by atoms with E-state index in [0.717, 1.165) is 4.90 Å². The Bertz CT molecular complexity index is 936. The number of nitrogens with one attached hydrogen (secondary N) is 2. The first kappa shape index (κ1) is 21.0. The number of fused-ring (bicyclic) bond motifs is 1. The van der Waals surface area contributed by atoms with E-state index in [1.165, 1.54) is 6.92 Å². The highest BCUT2D eigenvalue weighted by atomic mass is 16.5. The molecule has 1 aliphatic heterocycles. The quantitative estimate of drug-likeness (QED) is 0.509. The summed E-state index contributed by atoms with van der Waals surface area (Å²) in [6.45, 7) is 4.28. The maximum absolute atomic E-state index is 12.5. The van der Waals surface area contributed by atoms with Crippen LogP contribution in [0.5, 0.6) is 5.75 Å². The van der Waals surface area contributed by atoms with Crippen LogP contribution in [0.15, 0.2) is 48.5 Å². The Morgan fingerprint density at radius 2 is 1.50 bits per heavy atom. The Balaban J connectivity index is 1.47. The lowest BCUT2D eigenvalue weighted by Crippen LogP contribution is -2.49. The van der Waals surface area contributed by atoms with Crippen molar-refractivity contribution in [3.63, 3.8) is 0 Å². The van der Waals surface area contributed by atoms with E-state index in [9.17, 15) is 19.2 Å². The summed E-state index contributed by atoms with van der Waals surface area (Å²) >= 11 is 0. The lowest BCUT2D eigenvalue weighted by molar-refractivity contribution is -0.124. The minimum absolute atomic E-state index is 0.162. The molecule has 2 aromatic carbocycles. The van der Waals surface area contributed by atoms with Gasteiger partial charge in [-0.3, -0.25) is 24.1 Å². The van der Waals surface area contributed by atoms with Gasteiger partial charge in [0.05, 0.1) is 17.7 Å². The molecule has 2 aromatic rings. The lowest BCUT2D eigenvalue weighted by Gasteiger charge is -2.21. The van der Waals surface area contributed by atoms with Crippen molar-refractivity contribution < 1.29 is 23.9 Å². The Kier molecular flexibility index (Phi) is 6.46. The van der Waals surface area contributed by atoms with E-state index in [4.69, 9.17) is 4.74 Å². The molecule has 0 aliphatic carbocycles. The molecule has 4 amide bonds. The first-order valence-corrected chi connectivity index (χ1v) is 9.69. The molecule has 156 valence electrons. The average molecular weight is 409 g/mol. The fourth-order valence-corrected chi connectivity index (χ4v) is 3.16. The Morgan fingerprint density at radius 1 is 0.933 bits per heavy atom. The molecular formula is C22H23N3O5. The first-order chi connectivity index (χ1) is 14.4. The highest BCUT2D eigenvalue weighted by molar-refractivity contribution is 6.22. The first-order valence-electron chi connectivity index (χ1n) is 9.69. The Hall–Kier alpha value is -3.68. The van der Waals surface area contributed by atoms with Gasteiger partial charge in [0, 0.05) is 18.7 Å². The maximum Gasteiger partial charge on any atom is 0.262 e. The van der Waals surface area contributed by atoms with Gasteiger partial charge in [0.15, 0.2) is 0 Å². The zero-order valence-electron chi connectivity index (χ0n) is 16.8. The van der Waals surface area contributed by atoms with Crippen molar-refractivity contribution in [3.8, 4) is 5.75 Å². The molecule has 3 rings (SSSR count). The highest BCUT2D eigenvalue weighted by Gasteiger charge is 2.40. The van der Waals surface area contributed by atoms with E-state index in [-0.39, 0.29) is 19.0 Å². The summed E-state index contributed by atoms with van der Waals surface area (Å²) in [6.07, 6.45) is 0. The van der Waals surface area contributed by atoms with Crippen LogP contribution in [0, 0.1) is 0 Å². The van der Waals surface area contributed by atoms with Crippen molar-refractivity contribution in [2.45, 2.75) is 19.9 Å². The van der Waals surface area contributed by atoms with Gasteiger partial charge in [-0.15, -0.1) is 0 Å². The number of amides is 4. The van der Waals surface area contributed by atoms with Crippen molar-refractivity contribution in [1.82, 2.24) is 15.5 Å². The second-order valence-corrected chi connectivity index (χ2v) is 6.71. The standard InChI is InChI=1S/C22H23N3O5/c1-3-30-16-10-8-15(9-11-16)20(27)24-13-12-23-19(26)14(2)25-21(28)17-6-4-5-7-18(17)22(25)29/h4-11,14H,3,12-13H2,1-2H3,(H,23,26)(H,24,27). The third-order valence-corrected chi connectivity index (χ3v) is 4.73. The number of nitrogens with zero attached hydrogens (tertiary/aromatic N) is 1. The van der Waals surface area contributed by atoms with Crippen LogP contribution < -0.4 is 15.4 Å². The number of benzene rings is 2. The van der Waals surface area contributed by atoms with Gasteiger partial charge < -0.3 is 15.4 Å². The molecule has 1 atom stereocenters. The molecular weight excluding hydrogens is 386 g/mol. The smallest absolute Gasteiger partial charge is 0.262 e. The molecule has 8 heteroatoms. The molecule has 0 bridgehead atoms. The number of carbonyl (C=O) groups excluding carboxylic acids is 4. The van der Waals surface area contributed by atoms with Gasteiger partial charge in [-0.1, -0.05) is 12.1 Å². The molecule has 0 aromatic heterocycles. The molecule has 8 nitrogen and oxygen atoms in total. The van der Waals surface area contributed by atoms with Gasteiger partial charge in [-0.2, -0.15) is 0 Å². The van der Waals surface area contributed by atoms with Gasteiger partial charge in [0.2, 0.25) is 5.91 Å². The third-order valence-electron chi connectivity index (χ3n) is 4.73. The molecule has 1 aliphatic rings. The van der Waals surface area contributed by atoms with E-state index < -0.39 is 23.8 Å². The zero-order chi connectivity index (χ0) is 21.7. The summed E-state index contributed by atoms with van der Waals surface area (Å²) < 4.78 is 5.33. The lowest BCUT2D eigenvalue weighted by atomic mass is 10.1. The maximum atomic E-state index is 12.5. The van der Waals surface area contributed by atoms with Crippen LogP contribution in [0.4, 0.5) is 0 Å². The second kappa shape index (κ2) is 9.21. The van der Waals surface area contributed by atoms with Crippen LogP contribution in [0.25, 0.3) is 0 Å². The zero-order valence-corrected chi connectivity index (χ0v) is 16.8. The van der Waals surface area contributed by atoms with Gasteiger partial charge in [0.25, 0.3) is 17.7 Å². The van der Waals surface area contributed by atoms with Gasteiger partial charge in [0.1, 0.15) is 11.8 Å². The number of carbonyl (C=O) groups is 4. The molecule has 0 spiro atoms. The van der Waals surface area contributed by atoms with Crippen LogP contribution in [-0.4, -0.2) is 54.3 Å². The molecule has 0 radical (unpaired) electrons. The minimum atomic E-state index is -0.959. The number of hydrogen-bond acceptors (Lipinski definition) is 5. The van der Waals surface area contributed by atoms with Crippen molar-refractivity contribution in [2.75, 3.05) is 19.7 Å². The predicted molar refractivity (Wildman–Crippen MR) is 109 cm³/mol. The summed E-state index contributed by atoms with van der Waals surface area (Å²) in [4.78, 5) is 50.4. The number of ether oxygens (including phenoxy) is 1. The Morgan fingerprint density at radius 3 is 2.07 bits per heavy atom. The summed E-state index contributed by atoms with van der Waals surface area (Å²) in [5, 5.41) is 5.34. The molecule has 30 heavy (non-hydrogen) atoms. The normalized spacial score (nSPS) is 13.6. The van der Waals surface area contributed by atoms with E-state index in [1.54, 1.807) is 48.5 Å². The van der Waals surface area contributed by atoms with Gasteiger partial charge >= 0.3 is 0 Å². The van der Waals surface area contributed by atoms with E-state index >= 15 is 0 Å². The highest BCUT2D eigenvalue weighted by Crippen LogP contribution is 2.24. The second-order valence-electron chi connectivity index (χ2n) is 6.71. The molecule has 1 unspecified atom stereocenters. The monoisotopic (exact) mass is 409 g/mol. The van der Waals surface area contributed by atoms with Crippen LogP contribution >= 0.6 is 0 Å². The number of imide groups is 1. The third kappa shape index (κ3) is 4.32. The SMILES string of the molecule is CCOc1ccc(C(=O)NCCNC(=O)C(C)N2C(=O)c3ccccc3C2=O)cc1. The summed E-state index contributed by atoms with van der Waals surface area (Å²) in [7, 11) is 0. The topological polar surface area (TPSA) is 105 Å². The molecule has 0 saturated heterocycles. The van der Waals surface area contributed by atoms with Crippen LogP contribution in [-0.2, 0) is 4.79 Å². The molecule has 1 heterocycles. The average Bonchev–Trinajstić information content (AvgIpc) is 3.01. The molecule has 0 fully saturated rings. The Labute approximate surface area is 174 Å². The van der Waals surface area contributed by atoms with E-state index in [2.05, 4.69) is 10.6 Å². The van der Waals surface area contributed by atoms with E-state index in [0.29, 0.717) is 29.0 Å². The van der Waals surface area contributed by atoms with Crippen molar-refractivity contribution in [1.29, 1.82) is 0 Å². The van der Waals surface area contributed by atoms with Crippen LogP contribution in [0.3, 0.4) is 0 Å². The fraction of sp³-hybridized carbons (Fsp3) is 0.273. The van der Waals surface area contributed by atoms with Crippen molar-refractivity contribution in [2.24, 2.45) is 0 Å². The summed E-state index contributed by atoms with van der Waals surface area (Å²) in [5.74, 6) is -1.03. The molecule has 2 N–H and O–H groups in total. The van der Waals surface area contributed by atoms with Crippen molar-refractivity contribution >= 4 is 23.6 Å². The van der Waals surface area contributed by atoms with Crippen molar-refractivity contribution in [3.05, 3.63) is 65.2 Å². The number of rotatable bonds is 8. The minimum Gasteiger partial charge on any atom is -0.494 e. The van der Waals surface area contributed by atoms with Crippen LogP contribution in [0.1, 0.15) is 44.9 Å². The van der Waals surface area contributed by atoms with E-state index in [1.807, 2.05) is 6.92 Å². The summed E-state index contributed by atoms with van der Waals surface area (Å²) in [6, 6.07) is 12.3. The summed E-state index contributed by atoms with van der Waals surface area (Å²) in [5.41, 5.74) is 1.07. The van der Waals surface area contributed by atoms with Gasteiger partial charge in [-0.25, -0.2) is 0 Å². The number of hydrogen-bond donors (Lipinski definition) is 2.